The molecule has 0 bridgehead atoms. The van der Waals surface area contributed by atoms with Crippen LogP contribution < -0.4 is 0 Å². The molecule has 0 saturated carbocycles. The minimum atomic E-state index is 1.23. The van der Waals surface area contributed by atoms with Crippen molar-refractivity contribution in [3.63, 3.8) is 0 Å². The standard InChI is InChI=1S/C48H34/c1-3-4-15-31(2)46-40-27-25-35(32-16-7-5-8-17-32)28-42(40)47(34-19-9-6-10-20-34)45-29-41-38-23-14-13-22-37(38)39-26-24-33-18-11-12-21-36(33)48(39)43(41)30-44(45)46/h3-30H,1-2H3. The highest BCUT2D eigenvalue weighted by Gasteiger charge is 2.20. The van der Waals surface area contributed by atoms with E-state index in [9.17, 15) is 0 Å². The van der Waals surface area contributed by atoms with Crippen molar-refractivity contribution in [3.8, 4) is 22.3 Å². The molecule has 226 valence electrons. The summed E-state index contributed by atoms with van der Waals surface area (Å²) in [7, 11) is 0. The van der Waals surface area contributed by atoms with E-state index in [1.807, 2.05) is 0 Å². The molecule has 9 aromatic carbocycles. The Kier molecular flexibility index (Phi) is 6.69. The summed E-state index contributed by atoms with van der Waals surface area (Å²) in [5.74, 6) is 0. The number of allylic oxidation sites excluding steroid dienone is 4. The molecule has 0 amide bonds. The highest BCUT2D eigenvalue weighted by molar-refractivity contribution is 6.34. The lowest BCUT2D eigenvalue weighted by Crippen LogP contribution is -1.94. The zero-order chi connectivity index (χ0) is 32.2. The Morgan fingerprint density at radius 3 is 1.77 bits per heavy atom. The summed E-state index contributed by atoms with van der Waals surface area (Å²) >= 11 is 0. The minimum Gasteiger partial charge on any atom is -0.0877 e. The van der Waals surface area contributed by atoms with Crippen LogP contribution in [0.1, 0.15) is 19.4 Å². The molecule has 0 nitrogen and oxygen atoms in total. The van der Waals surface area contributed by atoms with Crippen LogP contribution in [-0.4, -0.2) is 0 Å². The van der Waals surface area contributed by atoms with Crippen molar-refractivity contribution in [2.75, 3.05) is 0 Å². The predicted octanol–water partition coefficient (Wildman–Crippen LogP) is 13.9. The Bertz CT molecular complexity index is 2760. The Hall–Kier alpha value is -5.98. The van der Waals surface area contributed by atoms with Crippen LogP contribution in [0, 0.1) is 0 Å². The third-order valence-electron chi connectivity index (χ3n) is 10.1. The maximum absolute atomic E-state index is 2.51. The van der Waals surface area contributed by atoms with Gasteiger partial charge in [0.05, 0.1) is 0 Å². The smallest absolute Gasteiger partial charge is 0.00201 e. The van der Waals surface area contributed by atoms with Crippen LogP contribution in [0.2, 0.25) is 0 Å². The Balaban J connectivity index is 1.56. The van der Waals surface area contributed by atoms with E-state index in [0.29, 0.717) is 0 Å². The largest absolute Gasteiger partial charge is 0.0877 e. The predicted molar refractivity (Wildman–Crippen MR) is 211 cm³/mol. The molecule has 0 spiro atoms. The monoisotopic (exact) mass is 610 g/mol. The number of hydrogen-bond acceptors (Lipinski definition) is 0. The van der Waals surface area contributed by atoms with E-state index < -0.39 is 0 Å². The molecule has 9 aromatic rings. The van der Waals surface area contributed by atoms with Gasteiger partial charge in [-0.3, -0.25) is 0 Å². The van der Waals surface area contributed by atoms with E-state index in [1.54, 1.807) is 0 Å². The first-order valence-corrected chi connectivity index (χ1v) is 16.8. The molecule has 0 N–H and O–H groups in total. The van der Waals surface area contributed by atoms with Gasteiger partial charge in [0.25, 0.3) is 0 Å². The Morgan fingerprint density at radius 2 is 1.02 bits per heavy atom. The molecule has 0 unspecified atom stereocenters. The van der Waals surface area contributed by atoms with E-state index in [1.165, 1.54) is 98.0 Å². The molecule has 0 fully saturated rings. The molecule has 0 saturated heterocycles. The number of hydrogen-bond donors (Lipinski definition) is 0. The molecule has 0 heterocycles. The van der Waals surface area contributed by atoms with Gasteiger partial charge in [-0.25, -0.2) is 0 Å². The average molecular weight is 611 g/mol. The second kappa shape index (κ2) is 11.4. The van der Waals surface area contributed by atoms with Crippen molar-refractivity contribution in [2.24, 2.45) is 0 Å². The lowest BCUT2D eigenvalue weighted by Gasteiger charge is -2.21. The molecule has 0 heteroatoms. The topological polar surface area (TPSA) is 0 Å². The zero-order valence-electron chi connectivity index (χ0n) is 27.2. The SMILES string of the molecule is CC=CC=C(C)c1c2ccc(-c3ccccc3)cc2c(-c2ccccc2)c2cc3c4ccccc4c4ccc5ccccc5c4c3cc12. The third kappa shape index (κ3) is 4.37. The summed E-state index contributed by atoms with van der Waals surface area (Å²) in [5.41, 5.74) is 7.51. The molecule has 0 aliphatic rings. The number of fused-ring (bicyclic) bond motifs is 10. The normalized spacial score (nSPS) is 12.4. The maximum Gasteiger partial charge on any atom is -0.00201 e. The van der Waals surface area contributed by atoms with E-state index in [0.717, 1.165) is 0 Å². The van der Waals surface area contributed by atoms with Gasteiger partial charge in [-0.2, -0.15) is 0 Å². The van der Waals surface area contributed by atoms with Gasteiger partial charge in [-0.15, -0.1) is 0 Å². The molecule has 0 aromatic heterocycles. The summed E-state index contributed by atoms with van der Waals surface area (Å²) in [4.78, 5) is 0. The van der Waals surface area contributed by atoms with Crippen LogP contribution in [-0.2, 0) is 0 Å². The lowest BCUT2D eigenvalue weighted by molar-refractivity contribution is 1.62. The van der Waals surface area contributed by atoms with Crippen LogP contribution in [0.5, 0.6) is 0 Å². The zero-order valence-corrected chi connectivity index (χ0v) is 27.2. The van der Waals surface area contributed by atoms with Crippen LogP contribution in [0.25, 0.3) is 92.5 Å². The number of rotatable bonds is 4. The molecule has 0 radical (unpaired) electrons. The van der Waals surface area contributed by atoms with Crippen molar-refractivity contribution in [1.82, 2.24) is 0 Å². The van der Waals surface area contributed by atoms with E-state index in [4.69, 9.17) is 0 Å². The van der Waals surface area contributed by atoms with E-state index in [2.05, 4.69) is 184 Å². The minimum absolute atomic E-state index is 1.23. The van der Waals surface area contributed by atoms with Crippen LogP contribution in [0.15, 0.2) is 170 Å². The van der Waals surface area contributed by atoms with Gasteiger partial charge >= 0.3 is 0 Å². The maximum atomic E-state index is 2.51. The molecule has 0 aliphatic carbocycles. The molecule has 48 heavy (non-hydrogen) atoms. The van der Waals surface area contributed by atoms with Crippen LogP contribution in [0.3, 0.4) is 0 Å². The second-order valence-corrected chi connectivity index (χ2v) is 12.8. The molecule has 0 aliphatic heterocycles. The first kappa shape index (κ1) is 28.3. The van der Waals surface area contributed by atoms with Gasteiger partial charge in [-0.1, -0.05) is 152 Å². The summed E-state index contributed by atoms with van der Waals surface area (Å²) in [6, 6.07) is 56.1. The van der Waals surface area contributed by atoms with Gasteiger partial charge in [0.2, 0.25) is 0 Å². The van der Waals surface area contributed by atoms with Gasteiger partial charge in [0, 0.05) is 0 Å². The fourth-order valence-corrected chi connectivity index (χ4v) is 7.92. The first-order chi connectivity index (χ1) is 23.7. The fourth-order valence-electron chi connectivity index (χ4n) is 7.92. The fraction of sp³-hybridized carbons (Fsp3) is 0.0417. The van der Waals surface area contributed by atoms with Gasteiger partial charge in [-0.05, 0) is 130 Å². The summed E-state index contributed by atoms with van der Waals surface area (Å²) in [6.07, 6.45) is 6.54. The number of benzene rings is 9. The van der Waals surface area contributed by atoms with E-state index >= 15 is 0 Å². The summed E-state index contributed by atoms with van der Waals surface area (Å²) in [6.45, 7) is 4.35. The highest BCUT2D eigenvalue weighted by atomic mass is 14.2. The van der Waals surface area contributed by atoms with Crippen molar-refractivity contribution in [1.29, 1.82) is 0 Å². The Labute approximate surface area is 280 Å². The average Bonchev–Trinajstić information content (AvgIpc) is 3.15. The quantitative estimate of drug-likeness (QED) is 0.106. The van der Waals surface area contributed by atoms with Crippen molar-refractivity contribution in [2.45, 2.75) is 13.8 Å². The van der Waals surface area contributed by atoms with E-state index in [-0.39, 0.29) is 0 Å². The van der Waals surface area contributed by atoms with Crippen molar-refractivity contribution >= 4 is 70.2 Å². The first-order valence-electron chi connectivity index (χ1n) is 16.8. The van der Waals surface area contributed by atoms with Crippen LogP contribution in [0.4, 0.5) is 0 Å². The Morgan fingerprint density at radius 1 is 0.417 bits per heavy atom. The van der Waals surface area contributed by atoms with Gasteiger partial charge < -0.3 is 0 Å². The van der Waals surface area contributed by atoms with Gasteiger partial charge in [0.1, 0.15) is 0 Å². The van der Waals surface area contributed by atoms with Crippen molar-refractivity contribution in [3.05, 3.63) is 175 Å². The highest BCUT2D eigenvalue weighted by Crippen LogP contribution is 2.47. The summed E-state index contributed by atoms with van der Waals surface area (Å²) < 4.78 is 0. The molecular formula is C48H34. The summed E-state index contributed by atoms with van der Waals surface area (Å²) in [5, 5.41) is 15.5. The molecule has 9 rings (SSSR count). The lowest BCUT2D eigenvalue weighted by atomic mass is 9.82. The van der Waals surface area contributed by atoms with Crippen LogP contribution >= 0.6 is 0 Å². The molecular weight excluding hydrogens is 577 g/mol. The molecule has 0 atom stereocenters. The third-order valence-corrected chi connectivity index (χ3v) is 10.1. The van der Waals surface area contributed by atoms with Gasteiger partial charge in [0.15, 0.2) is 0 Å². The van der Waals surface area contributed by atoms with Crippen molar-refractivity contribution < 1.29 is 0 Å². The second-order valence-electron chi connectivity index (χ2n) is 12.8.